The number of hydrogen-bond acceptors (Lipinski definition) is 5. The number of thioether (sulfide) groups is 2. The number of nitrogens with two attached hydrogens (primary N) is 1. The first-order valence-corrected chi connectivity index (χ1v) is 8.36. The summed E-state index contributed by atoms with van der Waals surface area (Å²) in [6, 6.07) is 2.33. The summed E-state index contributed by atoms with van der Waals surface area (Å²) in [6.07, 6.45) is 1.78. The molecule has 1 aliphatic rings. The minimum Gasteiger partial charge on any atom is -0.383 e. The number of nitrogens with one attached hydrogen (secondary N) is 1. The third kappa shape index (κ3) is 2.78. The number of nitrogen functional groups attached to an aromatic ring is 1. The lowest BCUT2D eigenvalue weighted by Crippen LogP contribution is -2.37. The van der Waals surface area contributed by atoms with Crippen molar-refractivity contribution in [3.8, 4) is 0 Å². The maximum Gasteiger partial charge on any atom is 0.128 e. The maximum absolute atomic E-state index is 6.08. The van der Waals surface area contributed by atoms with Gasteiger partial charge in [0.1, 0.15) is 5.82 Å². The molecule has 1 fully saturated rings. The predicted molar refractivity (Wildman–Crippen MR) is 83.4 cm³/mol. The summed E-state index contributed by atoms with van der Waals surface area (Å²) < 4.78 is 0. The number of aryl methyl sites for hydroxylation is 1. The molecule has 18 heavy (non-hydrogen) atoms. The lowest BCUT2D eigenvalue weighted by Gasteiger charge is -2.35. The number of rotatable bonds is 3. The van der Waals surface area contributed by atoms with Crippen molar-refractivity contribution in [2.75, 3.05) is 24.3 Å². The Morgan fingerprint density at radius 3 is 2.78 bits per heavy atom. The van der Waals surface area contributed by atoms with Gasteiger partial charge in [0.05, 0.1) is 0 Å². The molecular weight excluding hydrogens is 262 g/mol. The molecule has 1 aromatic heterocycles. The quantitative estimate of drug-likeness (QED) is 0.892. The monoisotopic (exact) mass is 283 g/mol. The van der Waals surface area contributed by atoms with Crippen LogP contribution in [0, 0.1) is 6.92 Å². The highest BCUT2D eigenvalue weighted by Crippen LogP contribution is 2.40. The maximum atomic E-state index is 6.08. The van der Waals surface area contributed by atoms with E-state index in [2.05, 4.69) is 35.9 Å². The SMILES string of the molecule is CNC(c1c(C)ccnc1N)C1SCCSC1C. The Hall–Kier alpha value is -0.390. The van der Waals surface area contributed by atoms with Crippen molar-refractivity contribution in [3.63, 3.8) is 0 Å². The van der Waals surface area contributed by atoms with Gasteiger partial charge >= 0.3 is 0 Å². The Bertz CT molecular complexity index is 391. The molecule has 3 nitrogen and oxygen atoms in total. The fourth-order valence-electron chi connectivity index (χ4n) is 2.48. The topological polar surface area (TPSA) is 50.9 Å². The zero-order valence-electron chi connectivity index (χ0n) is 11.1. The Kier molecular flexibility index (Phi) is 4.81. The standard InChI is InChI=1S/C13H21N3S2/c1-8-4-5-16-13(14)10(8)11(15-3)12-9(2)17-6-7-18-12/h4-5,9,11-12,15H,6-7H2,1-3H3,(H2,14,16). The fraction of sp³-hybridized carbons (Fsp3) is 0.615. The molecule has 100 valence electrons. The van der Waals surface area contributed by atoms with Gasteiger partial charge in [-0.1, -0.05) is 6.92 Å². The molecule has 2 rings (SSSR count). The summed E-state index contributed by atoms with van der Waals surface area (Å²) in [5, 5.41) is 4.64. The Morgan fingerprint density at radius 2 is 2.17 bits per heavy atom. The van der Waals surface area contributed by atoms with E-state index in [1.165, 1.54) is 22.6 Å². The van der Waals surface area contributed by atoms with E-state index in [-0.39, 0.29) is 6.04 Å². The molecule has 2 heterocycles. The Balaban J connectivity index is 2.32. The van der Waals surface area contributed by atoms with E-state index in [1.807, 2.05) is 24.9 Å². The molecule has 3 atom stereocenters. The average Bonchev–Trinajstić information content (AvgIpc) is 2.35. The lowest BCUT2D eigenvalue weighted by molar-refractivity contribution is 0.558. The molecule has 0 bridgehead atoms. The molecule has 0 amide bonds. The van der Waals surface area contributed by atoms with Crippen molar-refractivity contribution in [2.45, 2.75) is 30.4 Å². The van der Waals surface area contributed by atoms with Crippen LogP contribution in [0.4, 0.5) is 5.82 Å². The highest BCUT2D eigenvalue weighted by atomic mass is 32.2. The first-order valence-electron chi connectivity index (χ1n) is 6.26. The summed E-state index contributed by atoms with van der Waals surface area (Å²) in [4.78, 5) is 4.25. The smallest absolute Gasteiger partial charge is 0.128 e. The predicted octanol–water partition coefficient (Wildman–Crippen LogP) is 2.47. The van der Waals surface area contributed by atoms with Crippen LogP contribution >= 0.6 is 23.5 Å². The van der Waals surface area contributed by atoms with Crippen molar-refractivity contribution in [1.82, 2.24) is 10.3 Å². The average molecular weight is 283 g/mol. The van der Waals surface area contributed by atoms with Crippen LogP contribution in [0.3, 0.4) is 0 Å². The summed E-state index contributed by atoms with van der Waals surface area (Å²) in [5.74, 6) is 3.13. The van der Waals surface area contributed by atoms with Gasteiger partial charge in [-0.3, -0.25) is 0 Å². The van der Waals surface area contributed by atoms with Gasteiger partial charge in [-0.25, -0.2) is 4.98 Å². The van der Waals surface area contributed by atoms with Crippen LogP contribution in [0.25, 0.3) is 0 Å². The second-order valence-electron chi connectivity index (χ2n) is 4.60. The second-order valence-corrected chi connectivity index (χ2v) is 7.38. The van der Waals surface area contributed by atoms with Gasteiger partial charge in [-0.15, -0.1) is 0 Å². The first kappa shape index (κ1) is 14.0. The third-order valence-electron chi connectivity index (χ3n) is 3.43. The molecule has 1 saturated heterocycles. The molecule has 0 aliphatic carbocycles. The Morgan fingerprint density at radius 1 is 1.44 bits per heavy atom. The van der Waals surface area contributed by atoms with Crippen LogP contribution in [0.15, 0.2) is 12.3 Å². The summed E-state index contributed by atoms with van der Waals surface area (Å²) >= 11 is 4.10. The molecule has 0 saturated carbocycles. The molecule has 3 unspecified atom stereocenters. The molecule has 0 radical (unpaired) electrons. The normalized spacial score (nSPS) is 25.9. The second kappa shape index (κ2) is 6.17. The van der Waals surface area contributed by atoms with Crippen LogP contribution in [0.2, 0.25) is 0 Å². The highest BCUT2D eigenvalue weighted by molar-refractivity contribution is 8.07. The molecule has 1 aliphatic heterocycles. The zero-order chi connectivity index (χ0) is 13.1. The van der Waals surface area contributed by atoms with Gasteiger partial charge in [-0.05, 0) is 25.6 Å². The van der Waals surface area contributed by atoms with E-state index >= 15 is 0 Å². The van der Waals surface area contributed by atoms with E-state index in [0.29, 0.717) is 16.3 Å². The van der Waals surface area contributed by atoms with Crippen LogP contribution in [0.5, 0.6) is 0 Å². The fourth-order valence-corrected chi connectivity index (χ4v) is 5.45. The van der Waals surface area contributed by atoms with Gasteiger partial charge < -0.3 is 11.1 Å². The summed E-state index contributed by atoms with van der Waals surface area (Å²) in [6.45, 7) is 4.43. The third-order valence-corrected chi connectivity index (χ3v) is 6.62. The minimum atomic E-state index is 0.284. The van der Waals surface area contributed by atoms with Gasteiger partial charge in [0.25, 0.3) is 0 Å². The molecule has 5 heteroatoms. The zero-order valence-corrected chi connectivity index (χ0v) is 12.8. The van der Waals surface area contributed by atoms with Crippen LogP contribution in [-0.2, 0) is 0 Å². The van der Waals surface area contributed by atoms with Crippen molar-refractivity contribution < 1.29 is 0 Å². The van der Waals surface area contributed by atoms with E-state index in [1.54, 1.807) is 6.20 Å². The summed E-state index contributed by atoms with van der Waals surface area (Å²) in [5.41, 5.74) is 8.48. The van der Waals surface area contributed by atoms with Crippen molar-refractivity contribution in [1.29, 1.82) is 0 Å². The Labute approximate surface area is 118 Å². The summed E-state index contributed by atoms with van der Waals surface area (Å²) in [7, 11) is 2.02. The number of pyridine rings is 1. The van der Waals surface area contributed by atoms with E-state index in [4.69, 9.17) is 5.73 Å². The molecule has 0 aromatic carbocycles. The number of aromatic nitrogens is 1. The highest BCUT2D eigenvalue weighted by Gasteiger charge is 2.32. The van der Waals surface area contributed by atoms with E-state index in [0.717, 1.165) is 0 Å². The van der Waals surface area contributed by atoms with Crippen molar-refractivity contribution in [2.24, 2.45) is 0 Å². The van der Waals surface area contributed by atoms with Crippen LogP contribution in [-0.4, -0.2) is 34.0 Å². The number of anilines is 1. The van der Waals surface area contributed by atoms with Gasteiger partial charge in [0.2, 0.25) is 0 Å². The van der Waals surface area contributed by atoms with Gasteiger partial charge in [-0.2, -0.15) is 23.5 Å². The van der Waals surface area contributed by atoms with E-state index in [9.17, 15) is 0 Å². The van der Waals surface area contributed by atoms with E-state index < -0.39 is 0 Å². The molecular formula is C13H21N3S2. The largest absolute Gasteiger partial charge is 0.383 e. The minimum absolute atomic E-state index is 0.284. The van der Waals surface area contributed by atoms with Gasteiger partial charge in [0, 0.05) is 39.8 Å². The number of nitrogens with zero attached hydrogens (tertiary/aromatic N) is 1. The van der Waals surface area contributed by atoms with Crippen molar-refractivity contribution >= 4 is 29.3 Å². The molecule has 3 N–H and O–H groups in total. The number of hydrogen-bond donors (Lipinski definition) is 2. The lowest BCUT2D eigenvalue weighted by atomic mass is 9.98. The molecule has 0 spiro atoms. The van der Waals surface area contributed by atoms with Crippen LogP contribution in [0.1, 0.15) is 24.1 Å². The molecule has 1 aromatic rings. The van der Waals surface area contributed by atoms with Crippen molar-refractivity contribution in [3.05, 3.63) is 23.4 Å². The van der Waals surface area contributed by atoms with Gasteiger partial charge in [0.15, 0.2) is 0 Å². The first-order chi connectivity index (χ1) is 8.65. The van der Waals surface area contributed by atoms with Crippen LogP contribution < -0.4 is 11.1 Å².